The first-order chi connectivity index (χ1) is 16.9. The number of hydrogen-bond acceptors (Lipinski definition) is 4. The molecule has 4 rings (SSSR count). The van der Waals surface area contributed by atoms with Crippen molar-refractivity contribution in [3.63, 3.8) is 0 Å². The molecule has 35 heavy (non-hydrogen) atoms. The Morgan fingerprint density at radius 3 is 2.54 bits per heavy atom. The van der Waals surface area contributed by atoms with Gasteiger partial charge in [-0.2, -0.15) is 5.10 Å². The summed E-state index contributed by atoms with van der Waals surface area (Å²) in [6, 6.07) is 18.4. The van der Waals surface area contributed by atoms with Gasteiger partial charge in [0.1, 0.15) is 5.82 Å². The minimum atomic E-state index is -0.974. The Morgan fingerprint density at radius 2 is 1.86 bits per heavy atom. The molecular weight excluding hydrogens is 444 g/mol. The van der Waals surface area contributed by atoms with Crippen LogP contribution in [0.2, 0.25) is 0 Å². The van der Waals surface area contributed by atoms with E-state index in [1.165, 1.54) is 5.56 Å². The maximum Gasteiger partial charge on any atom is 0.335 e. The molecule has 0 bridgehead atoms. The monoisotopic (exact) mass is 476 g/mol. The summed E-state index contributed by atoms with van der Waals surface area (Å²) in [7, 11) is 3.49. The molecular formula is C27H32N4O4. The van der Waals surface area contributed by atoms with E-state index in [0.29, 0.717) is 17.4 Å². The highest BCUT2D eigenvalue weighted by atomic mass is 16.5. The molecule has 3 atom stereocenters. The summed E-state index contributed by atoms with van der Waals surface area (Å²) in [6.07, 6.45) is 4.08. The van der Waals surface area contributed by atoms with Gasteiger partial charge in [-0.3, -0.25) is 10.00 Å². The highest BCUT2D eigenvalue weighted by molar-refractivity contribution is 5.90. The number of aromatic carboxylic acids is 1. The predicted octanol–water partition coefficient (Wildman–Crippen LogP) is 4.90. The molecule has 8 nitrogen and oxygen atoms in total. The Bertz CT molecular complexity index is 1140. The molecule has 2 amide bonds. The van der Waals surface area contributed by atoms with Gasteiger partial charge in [-0.1, -0.05) is 42.5 Å². The molecule has 0 spiro atoms. The van der Waals surface area contributed by atoms with Crippen LogP contribution in [0.15, 0.2) is 60.7 Å². The smallest absolute Gasteiger partial charge is 0.335 e. The van der Waals surface area contributed by atoms with E-state index in [0.717, 1.165) is 37.9 Å². The third-order valence-electron chi connectivity index (χ3n) is 6.71. The number of methoxy groups -OCH3 is 1. The minimum absolute atomic E-state index is 0.0428. The van der Waals surface area contributed by atoms with Crippen molar-refractivity contribution in [1.29, 1.82) is 0 Å². The largest absolute Gasteiger partial charge is 0.478 e. The van der Waals surface area contributed by atoms with Crippen molar-refractivity contribution < 1.29 is 19.4 Å². The molecule has 2 aromatic carbocycles. The number of benzene rings is 2. The fourth-order valence-electron chi connectivity index (χ4n) is 4.95. The lowest BCUT2D eigenvalue weighted by molar-refractivity contribution is 0.0697. The van der Waals surface area contributed by atoms with Crippen LogP contribution in [-0.2, 0) is 11.8 Å². The predicted molar refractivity (Wildman–Crippen MR) is 135 cm³/mol. The number of carboxylic acid groups (broad SMARTS) is 1. The number of amides is 2. The maximum absolute atomic E-state index is 13.0. The van der Waals surface area contributed by atoms with Crippen molar-refractivity contribution >= 4 is 17.8 Å². The zero-order valence-corrected chi connectivity index (χ0v) is 20.1. The lowest BCUT2D eigenvalue weighted by atomic mass is 9.93. The number of aryl methyl sites for hydroxylation is 1. The van der Waals surface area contributed by atoms with Gasteiger partial charge < -0.3 is 15.2 Å². The summed E-state index contributed by atoms with van der Waals surface area (Å²) in [5.41, 5.74) is 2.89. The van der Waals surface area contributed by atoms with Crippen molar-refractivity contribution in [2.24, 2.45) is 13.0 Å². The number of carbonyl (C=O) groups is 2. The van der Waals surface area contributed by atoms with E-state index in [2.05, 4.69) is 27.9 Å². The van der Waals surface area contributed by atoms with Crippen molar-refractivity contribution in [2.75, 3.05) is 19.0 Å². The number of carbonyl (C=O) groups excluding carboxylic acids is 1. The van der Waals surface area contributed by atoms with Gasteiger partial charge in [0.05, 0.1) is 11.3 Å². The lowest BCUT2D eigenvalue weighted by Gasteiger charge is -2.21. The SMILES string of the molecule is COCCC[C@@H]1C[C@@H](NC(=O)Nc2cc(-c3ccc(C(=O)O)cc3)nn2C)[C@H](c2ccccc2)C1. The average molecular weight is 477 g/mol. The number of hydrogen-bond donors (Lipinski definition) is 3. The maximum atomic E-state index is 13.0. The first kappa shape index (κ1) is 24.5. The van der Waals surface area contributed by atoms with Crippen LogP contribution >= 0.6 is 0 Å². The molecule has 0 radical (unpaired) electrons. The molecule has 1 aliphatic carbocycles. The van der Waals surface area contributed by atoms with Crippen LogP contribution in [0.3, 0.4) is 0 Å². The zero-order valence-electron chi connectivity index (χ0n) is 20.1. The third kappa shape index (κ3) is 6.08. The van der Waals surface area contributed by atoms with Crippen LogP contribution < -0.4 is 10.6 Å². The number of nitrogens with zero attached hydrogens (tertiary/aromatic N) is 2. The molecule has 1 saturated carbocycles. The summed E-state index contributed by atoms with van der Waals surface area (Å²) in [4.78, 5) is 24.1. The summed E-state index contributed by atoms with van der Waals surface area (Å²) in [6.45, 7) is 0.757. The summed E-state index contributed by atoms with van der Waals surface area (Å²) in [5.74, 6) is 0.394. The molecule has 0 aliphatic heterocycles. The zero-order chi connectivity index (χ0) is 24.8. The quantitative estimate of drug-likeness (QED) is 0.381. The number of nitrogens with one attached hydrogen (secondary N) is 2. The number of carboxylic acids is 1. The molecule has 8 heteroatoms. The van der Waals surface area contributed by atoms with Crippen LogP contribution in [0.4, 0.5) is 10.6 Å². The van der Waals surface area contributed by atoms with Gasteiger partial charge in [-0.15, -0.1) is 0 Å². The number of aromatic nitrogens is 2. The fourth-order valence-corrected chi connectivity index (χ4v) is 4.95. The second-order valence-corrected chi connectivity index (χ2v) is 9.12. The van der Waals surface area contributed by atoms with Gasteiger partial charge in [0.15, 0.2) is 0 Å². The highest BCUT2D eigenvalue weighted by Gasteiger charge is 2.35. The van der Waals surface area contributed by atoms with E-state index >= 15 is 0 Å². The van der Waals surface area contributed by atoms with E-state index in [1.54, 1.807) is 49.2 Å². The minimum Gasteiger partial charge on any atom is -0.478 e. The Morgan fingerprint density at radius 1 is 1.11 bits per heavy atom. The van der Waals surface area contributed by atoms with Crippen LogP contribution in [0.1, 0.15) is 47.5 Å². The van der Waals surface area contributed by atoms with Gasteiger partial charge >= 0.3 is 12.0 Å². The van der Waals surface area contributed by atoms with Crippen LogP contribution in [0.5, 0.6) is 0 Å². The van der Waals surface area contributed by atoms with Gasteiger partial charge in [0.25, 0.3) is 0 Å². The number of anilines is 1. The number of rotatable bonds is 9. The van der Waals surface area contributed by atoms with Crippen molar-refractivity contribution in [3.8, 4) is 11.3 Å². The molecule has 0 unspecified atom stereocenters. The van der Waals surface area contributed by atoms with Crippen LogP contribution in [0.25, 0.3) is 11.3 Å². The molecule has 1 fully saturated rings. The number of urea groups is 1. The van der Waals surface area contributed by atoms with E-state index in [-0.39, 0.29) is 23.6 Å². The van der Waals surface area contributed by atoms with Crippen LogP contribution in [0, 0.1) is 5.92 Å². The van der Waals surface area contributed by atoms with Crippen molar-refractivity contribution in [2.45, 2.75) is 37.6 Å². The Hall–Kier alpha value is -3.65. The van der Waals surface area contributed by atoms with Gasteiger partial charge in [0.2, 0.25) is 0 Å². The first-order valence-corrected chi connectivity index (χ1v) is 11.9. The summed E-state index contributed by atoms with van der Waals surface area (Å²) < 4.78 is 6.83. The van der Waals surface area contributed by atoms with Gasteiger partial charge in [-0.25, -0.2) is 9.59 Å². The normalized spacial score (nSPS) is 19.4. The highest BCUT2D eigenvalue weighted by Crippen LogP contribution is 2.40. The van der Waals surface area contributed by atoms with E-state index in [4.69, 9.17) is 9.84 Å². The standard InChI is InChI=1S/C27H32N4O4/c1-31-25(17-23(30-31)20-10-12-21(13-11-20)26(32)33)29-27(34)28-24-16-18(7-6-14-35-2)15-22(24)19-8-4-3-5-9-19/h3-5,8-13,17-18,22,24H,6-7,14-16H2,1-2H3,(H,32,33)(H2,28,29,34)/t18-,22-,24+/m0/s1. The molecule has 0 saturated heterocycles. The fraction of sp³-hybridized carbons (Fsp3) is 0.370. The van der Waals surface area contributed by atoms with Crippen LogP contribution in [-0.4, -0.2) is 46.6 Å². The summed E-state index contributed by atoms with van der Waals surface area (Å²) in [5, 5.41) is 19.7. The molecule has 1 aromatic heterocycles. The van der Waals surface area contributed by atoms with Gasteiger partial charge in [-0.05, 0) is 49.3 Å². The Labute approximate surface area is 205 Å². The first-order valence-electron chi connectivity index (χ1n) is 11.9. The van der Waals surface area contributed by atoms with E-state index in [1.807, 2.05) is 18.2 Å². The molecule has 1 aliphatic rings. The molecule has 3 aromatic rings. The second kappa shape index (κ2) is 11.2. The van der Waals surface area contributed by atoms with Crippen molar-refractivity contribution in [3.05, 3.63) is 71.8 Å². The molecule has 184 valence electrons. The number of ether oxygens (including phenoxy) is 1. The summed E-state index contributed by atoms with van der Waals surface area (Å²) >= 11 is 0. The Kier molecular flexibility index (Phi) is 7.82. The van der Waals surface area contributed by atoms with Crippen molar-refractivity contribution in [1.82, 2.24) is 15.1 Å². The average Bonchev–Trinajstić information content (AvgIpc) is 3.42. The third-order valence-corrected chi connectivity index (χ3v) is 6.71. The topological polar surface area (TPSA) is 105 Å². The molecule has 1 heterocycles. The lowest BCUT2D eigenvalue weighted by Crippen LogP contribution is -2.39. The van der Waals surface area contributed by atoms with E-state index < -0.39 is 5.97 Å². The Balaban J connectivity index is 1.43. The van der Waals surface area contributed by atoms with Gasteiger partial charge in [0, 0.05) is 44.4 Å². The molecule has 3 N–H and O–H groups in total. The second-order valence-electron chi connectivity index (χ2n) is 9.12. The van der Waals surface area contributed by atoms with E-state index in [9.17, 15) is 9.59 Å².